The highest BCUT2D eigenvalue weighted by atomic mass is 16.6. The van der Waals surface area contributed by atoms with Gasteiger partial charge in [0.15, 0.2) is 6.23 Å². The third-order valence-electron chi connectivity index (χ3n) is 2.17. The maximum Gasteiger partial charge on any atom is 0.307 e. The number of hydrogen-bond donors (Lipinski definition) is 3. The standard InChI is InChI=1S/C10H15NO8/c12-5-18-4-8(19-6-13)11-2-1-7(10(16)17)3-9(14)15/h5-8,11H,1-4H2,(H,14,15)(H,16,17). The van der Waals surface area contributed by atoms with Crippen LogP contribution in [-0.2, 0) is 28.7 Å². The van der Waals surface area contributed by atoms with Crippen molar-refractivity contribution in [3.8, 4) is 0 Å². The van der Waals surface area contributed by atoms with E-state index in [1.54, 1.807) is 0 Å². The smallest absolute Gasteiger partial charge is 0.307 e. The molecule has 0 aromatic rings. The lowest BCUT2D eigenvalue weighted by Gasteiger charge is -2.17. The molecule has 0 radical (unpaired) electrons. The first-order chi connectivity index (χ1) is 9.01. The van der Waals surface area contributed by atoms with Gasteiger partial charge in [0.2, 0.25) is 0 Å². The van der Waals surface area contributed by atoms with Crippen LogP contribution in [0.4, 0.5) is 0 Å². The topological polar surface area (TPSA) is 139 Å². The number of carboxylic acid groups (broad SMARTS) is 2. The number of ether oxygens (including phenoxy) is 2. The molecule has 0 fully saturated rings. The Balaban J connectivity index is 4.11. The van der Waals surface area contributed by atoms with Crippen molar-refractivity contribution in [2.45, 2.75) is 19.1 Å². The van der Waals surface area contributed by atoms with Crippen molar-refractivity contribution < 1.29 is 38.9 Å². The van der Waals surface area contributed by atoms with Crippen LogP contribution in [0.25, 0.3) is 0 Å². The fraction of sp³-hybridized carbons (Fsp3) is 0.600. The lowest BCUT2D eigenvalue weighted by Crippen LogP contribution is -2.37. The molecule has 0 spiro atoms. The van der Waals surface area contributed by atoms with E-state index in [-0.39, 0.29) is 32.5 Å². The zero-order chi connectivity index (χ0) is 14.7. The fourth-order valence-electron chi connectivity index (χ4n) is 1.28. The van der Waals surface area contributed by atoms with Gasteiger partial charge in [0.05, 0.1) is 12.3 Å². The average molecular weight is 277 g/mol. The molecule has 3 N–H and O–H groups in total. The quantitative estimate of drug-likeness (QED) is 0.297. The van der Waals surface area contributed by atoms with E-state index >= 15 is 0 Å². The van der Waals surface area contributed by atoms with E-state index < -0.39 is 30.5 Å². The molecule has 2 atom stereocenters. The number of nitrogens with one attached hydrogen (secondary N) is 1. The third-order valence-corrected chi connectivity index (χ3v) is 2.17. The van der Waals surface area contributed by atoms with Gasteiger partial charge in [0.1, 0.15) is 6.61 Å². The van der Waals surface area contributed by atoms with Crippen LogP contribution in [0, 0.1) is 5.92 Å². The SMILES string of the molecule is O=COCC(NCCC(CC(=O)O)C(=O)O)OC=O. The van der Waals surface area contributed by atoms with E-state index in [2.05, 4.69) is 14.8 Å². The monoisotopic (exact) mass is 277 g/mol. The predicted octanol–water partition coefficient (Wildman–Crippen LogP) is -1.19. The zero-order valence-corrected chi connectivity index (χ0v) is 9.98. The maximum atomic E-state index is 10.8. The van der Waals surface area contributed by atoms with Gasteiger partial charge >= 0.3 is 11.9 Å². The molecule has 2 unspecified atom stereocenters. The number of carbonyl (C=O) groups excluding carboxylic acids is 2. The van der Waals surface area contributed by atoms with E-state index in [0.717, 1.165) is 0 Å². The highest BCUT2D eigenvalue weighted by Gasteiger charge is 2.21. The molecule has 9 nitrogen and oxygen atoms in total. The van der Waals surface area contributed by atoms with Crippen LogP contribution in [0.1, 0.15) is 12.8 Å². The molecule has 0 rings (SSSR count). The molecule has 0 aromatic heterocycles. The van der Waals surface area contributed by atoms with E-state index in [1.165, 1.54) is 0 Å². The normalized spacial score (nSPS) is 13.1. The van der Waals surface area contributed by atoms with Crippen molar-refractivity contribution in [1.82, 2.24) is 5.32 Å². The third kappa shape index (κ3) is 8.55. The van der Waals surface area contributed by atoms with E-state index in [4.69, 9.17) is 10.2 Å². The van der Waals surface area contributed by atoms with Crippen LogP contribution in [0.3, 0.4) is 0 Å². The summed E-state index contributed by atoms with van der Waals surface area (Å²) < 4.78 is 8.91. The zero-order valence-electron chi connectivity index (χ0n) is 9.98. The predicted molar refractivity (Wildman–Crippen MR) is 59.0 cm³/mol. The van der Waals surface area contributed by atoms with Crippen LogP contribution in [0.5, 0.6) is 0 Å². The van der Waals surface area contributed by atoms with Crippen molar-refractivity contribution in [2.75, 3.05) is 13.2 Å². The molecular weight excluding hydrogens is 262 g/mol. The Kier molecular flexibility index (Phi) is 8.71. The largest absolute Gasteiger partial charge is 0.481 e. The summed E-state index contributed by atoms with van der Waals surface area (Å²) in [6.07, 6.45) is -1.37. The molecule has 0 aliphatic carbocycles. The van der Waals surface area contributed by atoms with Crippen LogP contribution < -0.4 is 5.32 Å². The Morgan fingerprint density at radius 1 is 1.21 bits per heavy atom. The number of carbonyl (C=O) groups is 4. The molecule has 108 valence electrons. The average Bonchev–Trinajstić information content (AvgIpc) is 2.34. The number of aliphatic carboxylic acids is 2. The number of carboxylic acids is 2. The minimum Gasteiger partial charge on any atom is -0.481 e. The second-order valence-corrected chi connectivity index (χ2v) is 3.53. The molecular formula is C10H15NO8. The van der Waals surface area contributed by atoms with Crippen molar-refractivity contribution in [3.63, 3.8) is 0 Å². The molecule has 0 saturated heterocycles. The number of hydrogen-bond acceptors (Lipinski definition) is 7. The molecule has 19 heavy (non-hydrogen) atoms. The summed E-state index contributed by atoms with van der Waals surface area (Å²) in [4.78, 5) is 41.3. The van der Waals surface area contributed by atoms with Crippen molar-refractivity contribution in [2.24, 2.45) is 5.92 Å². The van der Waals surface area contributed by atoms with Gasteiger partial charge in [-0.2, -0.15) is 0 Å². The lowest BCUT2D eigenvalue weighted by molar-refractivity contribution is -0.148. The summed E-state index contributed by atoms with van der Waals surface area (Å²) in [7, 11) is 0. The Hall–Kier alpha value is -2.16. The fourth-order valence-corrected chi connectivity index (χ4v) is 1.28. The number of rotatable bonds is 12. The van der Waals surface area contributed by atoms with Gasteiger partial charge < -0.3 is 19.7 Å². The van der Waals surface area contributed by atoms with Crippen molar-refractivity contribution in [1.29, 1.82) is 0 Å². The lowest BCUT2D eigenvalue weighted by atomic mass is 10.0. The first kappa shape index (κ1) is 16.8. The molecule has 9 heteroatoms. The summed E-state index contributed by atoms with van der Waals surface area (Å²) in [5.74, 6) is -3.48. The summed E-state index contributed by atoms with van der Waals surface area (Å²) >= 11 is 0. The Morgan fingerprint density at radius 2 is 1.89 bits per heavy atom. The van der Waals surface area contributed by atoms with Crippen molar-refractivity contribution in [3.05, 3.63) is 0 Å². The Bertz CT molecular complexity index is 319. The van der Waals surface area contributed by atoms with Gasteiger partial charge in [0.25, 0.3) is 12.9 Å². The molecule has 0 heterocycles. The molecule has 0 saturated carbocycles. The Morgan fingerprint density at radius 3 is 2.37 bits per heavy atom. The molecule has 0 aliphatic heterocycles. The van der Waals surface area contributed by atoms with Gasteiger partial charge in [-0.1, -0.05) is 0 Å². The van der Waals surface area contributed by atoms with Crippen LogP contribution >= 0.6 is 0 Å². The second kappa shape index (κ2) is 9.83. The molecule has 0 aliphatic rings. The van der Waals surface area contributed by atoms with Gasteiger partial charge in [0, 0.05) is 0 Å². The van der Waals surface area contributed by atoms with Crippen LogP contribution in [0.2, 0.25) is 0 Å². The first-order valence-corrected chi connectivity index (χ1v) is 5.33. The molecule has 0 amide bonds. The van der Waals surface area contributed by atoms with Gasteiger partial charge in [-0.05, 0) is 13.0 Å². The highest BCUT2D eigenvalue weighted by Crippen LogP contribution is 2.08. The molecule has 0 bridgehead atoms. The summed E-state index contributed by atoms with van der Waals surface area (Å²) in [6.45, 7) is 0.189. The summed E-state index contributed by atoms with van der Waals surface area (Å²) in [5, 5.41) is 19.9. The maximum absolute atomic E-state index is 10.8. The van der Waals surface area contributed by atoms with E-state index in [9.17, 15) is 19.2 Å². The summed E-state index contributed by atoms with van der Waals surface area (Å²) in [5.41, 5.74) is 0. The van der Waals surface area contributed by atoms with Gasteiger partial charge in [-0.25, -0.2) is 0 Å². The van der Waals surface area contributed by atoms with Crippen LogP contribution in [-0.4, -0.2) is 54.5 Å². The van der Waals surface area contributed by atoms with E-state index in [1.807, 2.05) is 0 Å². The van der Waals surface area contributed by atoms with E-state index in [0.29, 0.717) is 0 Å². The first-order valence-electron chi connectivity index (χ1n) is 5.33. The molecule has 0 aromatic carbocycles. The Labute approximate surface area is 108 Å². The minimum atomic E-state index is -1.22. The van der Waals surface area contributed by atoms with Crippen molar-refractivity contribution >= 4 is 24.9 Å². The highest BCUT2D eigenvalue weighted by molar-refractivity contribution is 5.77. The van der Waals surface area contributed by atoms with Gasteiger partial charge in [-0.15, -0.1) is 0 Å². The minimum absolute atomic E-state index is 0.0292. The van der Waals surface area contributed by atoms with Gasteiger partial charge in [-0.3, -0.25) is 24.5 Å². The van der Waals surface area contributed by atoms with Crippen LogP contribution in [0.15, 0.2) is 0 Å². The second-order valence-electron chi connectivity index (χ2n) is 3.53. The summed E-state index contributed by atoms with van der Waals surface area (Å²) in [6, 6.07) is 0.